The van der Waals surface area contributed by atoms with Crippen molar-refractivity contribution in [2.45, 2.75) is 31.4 Å². The van der Waals surface area contributed by atoms with Gasteiger partial charge in [-0.05, 0) is 43.5 Å². The first-order valence-corrected chi connectivity index (χ1v) is 10.3. The highest BCUT2D eigenvalue weighted by Gasteiger charge is 2.20. The fourth-order valence-corrected chi connectivity index (χ4v) is 3.84. The number of hydrogen-bond donors (Lipinski definition) is 2. The van der Waals surface area contributed by atoms with Gasteiger partial charge in [0.2, 0.25) is 10.0 Å². The van der Waals surface area contributed by atoms with Crippen LogP contribution in [0.3, 0.4) is 0 Å². The predicted molar refractivity (Wildman–Crippen MR) is 98.3 cm³/mol. The highest BCUT2D eigenvalue weighted by atomic mass is 32.2. The molecule has 1 atom stereocenters. The number of ether oxygens (including phenoxy) is 1. The van der Waals surface area contributed by atoms with Crippen LogP contribution in [0, 0.1) is 0 Å². The average Bonchev–Trinajstić information content (AvgIpc) is 3.14. The topological polar surface area (TPSA) is 102 Å². The monoisotopic (exact) mass is 396 g/mol. The zero-order valence-corrected chi connectivity index (χ0v) is 16.0. The molecule has 1 aromatic heterocycles. The van der Waals surface area contributed by atoms with E-state index < -0.39 is 28.0 Å². The van der Waals surface area contributed by atoms with Crippen molar-refractivity contribution in [2.75, 3.05) is 6.54 Å². The van der Waals surface area contributed by atoms with E-state index in [4.69, 9.17) is 4.74 Å². The van der Waals surface area contributed by atoms with Gasteiger partial charge >= 0.3 is 5.97 Å². The molecule has 2 aromatic rings. The zero-order valence-electron chi connectivity index (χ0n) is 14.4. The number of carbonyl (C=O) groups is 2. The summed E-state index contributed by atoms with van der Waals surface area (Å²) in [5.41, 5.74) is 0.0557. The molecular weight excluding hydrogens is 376 g/mol. The van der Waals surface area contributed by atoms with Gasteiger partial charge in [-0.2, -0.15) is 0 Å². The largest absolute Gasteiger partial charge is 0.449 e. The summed E-state index contributed by atoms with van der Waals surface area (Å²) in [6.07, 6.45) is -0.973. The van der Waals surface area contributed by atoms with E-state index in [9.17, 15) is 18.0 Å². The summed E-state index contributed by atoms with van der Waals surface area (Å²) in [5.74, 6) is -1.18. The second-order valence-corrected chi connectivity index (χ2v) is 8.17. The van der Waals surface area contributed by atoms with Crippen LogP contribution in [0.25, 0.3) is 0 Å². The van der Waals surface area contributed by atoms with Gasteiger partial charge in [0, 0.05) is 18.0 Å². The van der Waals surface area contributed by atoms with E-state index in [0.717, 1.165) is 4.88 Å². The molecular formula is C17H20N2O5S2. The minimum Gasteiger partial charge on any atom is -0.449 e. The molecule has 0 bridgehead atoms. The molecule has 1 heterocycles. The van der Waals surface area contributed by atoms with E-state index in [1.165, 1.54) is 42.5 Å². The molecule has 1 aromatic carbocycles. The van der Waals surface area contributed by atoms with Gasteiger partial charge in [0.05, 0.1) is 10.5 Å². The molecule has 7 nitrogen and oxygen atoms in total. The summed E-state index contributed by atoms with van der Waals surface area (Å²) in [4.78, 5) is 24.6. The zero-order chi connectivity index (χ0) is 19.2. The second-order valence-electron chi connectivity index (χ2n) is 5.37. The summed E-state index contributed by atoms with van der Waals surface area (Å²) in [6.45, 7) is 3.79. The van der Waals surface area contributed by atoms with Gasteiger partial charge < -0.3 is 10.1 Å². The smallest absolute Gasteiger partial charge is 0.338 e. The van der Waals surface area contributed by atoms with Crippen LogP contribution in [0.5, 0.6) is 0 Å². The van der Waals surface area contributed by atoms with Crippen molar-refractivity contribution in [2.24, 2.45) is 0 Å². The molecule has 1 amide bonds. The van der Waals surface area contributed by atoms with E-state index in [1.807, 2.05) is 17.5 Å². The Balaban J connectivity index is 2.08. The Labute approximate surface area is 156 Å². The summed E-state index contributed by atoms with van der Waals surface area (Å²) in [7, 11) is -3.78. The van der Waals surface area contributed by atoms with Crippen LogP contribution >= 0.6 is 11.3 Å². The SMILES string of the molecule is CCNC(=O)[C@@H](C)OC(=O)c1cccc(S(=O)(=O)NCc2cccs2)c1. The molecule has 140 valence electrons. The summed E-state index contributed by atoms with van der Waals surface area (Å²) >= 11 is 1.44. The molecule has 0 aliphatic carbocycles. The minimum absolute atomic E-state index is 0.0471. The number of benzene rings is 1. The number of thiophene rings is 1. The maximum absolute atomic E-state index is 12.4. The molecule has 0 saturated carbocycles. The fourth-order valence-electron chi connectivity index (χ4n) is 2.05. The number of hydrogen-bond acceptors (Lipinski definition) is 6. The number of nitrogens with one attached hydrogen (secondary N) is 2. The number of rotatable bonds is 8. The molecule has 0 saturated heterocycles. The van der Waals surface area contributed by atoms with Crippen molar-refractivity contribution in [1.29, 1.82) is 0 Å². The van der Waals surface area contributed by atoms with Crippen molar-refractivity contribution in [3.63, 3.8) is 0 Å². The summed E-state index contributed by atoms with van der Waals surface area (Å²) in [6, 6.07) is 9.16. The summed E-state index contributed by atoms with van der Waals surface area (Å²) in [5, 5.41) is 4.40. The Hall–Kier alpha value is -2.23. The molecule has 2 N–H and O–H groups in total. The van der Waals surface area contributed by atoms with E-state index >= 15 is 0 Å². The van der Waals surface area contributed by atoms with Gasteiger partial charge in [-0.25, -0.2) is 17.9 Å². The molecule has 9 heteroatoms. The van der Waals surface area contributed by atoms with Crippen molar-refractivity contribution in [1.82, 2.24) is 10.0 Å². The lowest BCUT2D eigenvalue weighted by atomic mass is 10.2. The normalized spacial score (nSPS) is 12.4. The molecule has 0 unspecified atom stereocenters. The van der Waals surface area contributed by atoms with Crippen LogP contribution in [0.4, 0.5) is 0 Å². The van der Waals surface area contributed by atoms with Gasteiger partial charge in [0.1, 0.15) is 0 Å². The van der Waals surface area contributed by atoms with E-state index in [1.54, 1.807) is 6.92 Å². The van der Waals surface area contributed by atoms with Gasteiger partial charge in [-0.3, -0.25) is 4.79 Å². The number of likely N-dealkylation sites (N-methyl/N-ethyl adjacent to an activating group) is 1. The van der Waals surface area contributed by atoms with Gasteiger partial charge in [-0.15, -0.1) is 11.3 Å². The molecule has 0 aliphatic heterocycles. The molecule has 0 spiro atoms. The third-order valence-electron chi connectivity index (χ3n) is 3.40. The van der Waals surface area contributed by atoms with Crippen LogP contribution in [-0.2, 0) is 26.1 Å². The lowest BCUT2D eigenvalue weighted by molar-refractivity contribution is -0.128. The third-order valence-corrected chi connectivity index (χ3v) is 5.68. The maximum Gasteiger partial charge on any atom is 0.338 e. The Bertz CT molecular complexity index is 863. The number of esters is 1. The van der Waals surface area contributed by atoms with Crippen LogP contribution in [0.2, 0.25) is 0 Å². The Morgan fingerprint density at radius 2 is 2.00 bits per heavy atom. The minimum atomic E-state index is -3.78. The van der Waals surface area contributed by atoms with Gasteiger partial charge in [0.25, 0.3) is 5.91 Å². The van der Waals surface area contributed by atoms with Crippen LogP contribution < -0.4 is 10.0 Å². The third kappa shape index (κ3) is 5.38. The van der Waals surface area contributed by atoms with Crippen LogP contribution in [0.1, 0.15) is 29.1 Å². The van der Waals surface area contributed by atoms with Crippen LogP contribution in [0.15, 0.2) is 46.7 Å². The van der Waals surface area contributed by atoms with Gasteiger partial charge in [-0.1, -0.05) is 12.1 Å². The maximum atomic E-state index is 12.4. The number of sulfonamides is 1. The lowest BCUT2D eigenvalue weighted by Crippen LogP contribution is -2.35. The molecule has 26 heavy (non-hydrogen) atoms. The number of amides is 1. The van der Waals surface area contributed by atoms with Crippen molar-refractivity contribution in [3.05, 3.63) is 52.2 Å². The van der Waals surface area contributed by atoms with Crippen LogP contribution in [-0.4, -0.2) is 32.9 Å². The lowest BCUT2D eigenvalue weighted by Gasteiger charge is -2.13. The van der Waals surface area contributed by atoms with Gasteiger partial charge in [0.15, 0.2) is 6.10 Å². The molecule has 0 fully saturated rings. The first-order chi connectivity index (χ1) is 12.3. The molecule has 0 radical (unpaired) electrons. The van der Waals surface area contributed by atoms with Crippen molar-refractivity contribution >= 4 is 33.2 Å². The van der Waals surface area contributed by atoms with E-state index in [0.29, 0.717) is 6.54 Å². The summed E-state index contributed by atoms with van der Waals surface area (Å²) < 4.78 is 32.3. The first kappa shape index (κ1) is 20.1. The molecule has 0 aliphatic rings. The number of carbonyl (C=O) groups excluding carboxylic acids is 2. The Morgan fingerprint density at radius 3 is 2.65 bits per heavy atom. The second kappa shape index (κ2) is 8.93. The Kier molecular flexibility index (Phi) is 6.90. The highest BCUT2D eigenvalue weighted by Crippen LogP contribution is 2.15. The van der Waals surface area contributed by atoms with E-state index in [2.05, 4.69) is 10.0 Å². The highest BCUT2D eigenvalue weighted by molar-refractivity contribution is 7.89. The molecule has 2 rings (SSSR count). The standard InChI is InChI=1S/C17H20N2O5S2/c1-3-18-16(20)12(2)24-17(21)13-6-4-8-15(10-13)26(22,23)19-11-14-7-5-9-25-14/h4-10,12,19H,3,11H2,1-2H3,(H,18,20)/t12-/m1/s1. The van der Waals surface area contributed by atoms with E-state index in [-0.39, 0.29) is 17.0 Å². The fraction of sp³-hybridized carbons (Fsp3) is 0.294. The van der Waals surface area contributed by atoms with Crippen molar-refractivity contribution < 1.29 is 22.7 Å². The Morgan fingerprint density at radius 1 is 1.23 bits per heavy atom. The van der Waals surface area contributed by atoms with Crippen molar-refractivity contribution in [3.8, 4) is 0 Å². The predicted octanol–water partition coefficient (Wildman–Crippen LogP) is 1.91. The quantitative estimate of drug-likeness (QED) is 0.664. The first-order valence-electron chi connectivity index (χ1n) is 7.94. The average molecular weight is 396 g/mol.